The highest BCUT2D eigenvalue weighted by atomic mass is 79.9. The number of hydrogen-bond acceptors (Lipinski definition) is 1. The van der Waals surface area contributed by atoms with Crippen LogP contribution >= 0.6 is 15.9 Å². The van der Waals surface area contributed by atoms with Crippen molar-refractivity contribution in [3.8, 4) is 0 Å². The molecule has 0 aliphatic heterocycles. The van der Waals surface area contributed by atoms with E-state index >= 15 is 0 Å². The van der Waals surface area contributed by atoms with Crippen LogP contribution < -0.4 is 0 Å². The van der Waals surface area contributed by atoms with Crippen LogP contribution in [0.2, 0.25) is 0 Å². The minimum Gasteiger partial charge on any atom is -0.367 e. The van der Waals surface area contributed by atoms with Gasteiger partial charge >= 0.3 is 0 Å². The molecule has 0 amide bonds. The van der Waals surface area contributed by atoms with Gasteiger partial charge in [0.15, 0.2) is 0 Å². The Balaban J connectivity index is 3.00. The van der Waals surface area contributed by atoms with Crippen LogP contribution in [-0.2, 0) is 10.3 Å². The molecule has 1 rings (SSSR count). The lowest BCUT2D eigenvalue weighted by Gasteiger charge is -2.31. The third-order valence-electron chi connectivity index (χ3n) is 2.73. The lowest BCUT2D eigenvalue weighted by Crippen LogP contribution is -2.32. The lowest BCUT2D eigenvalue weighted by molar-refractivity contribution is -0.0668. The summed E-state index contributed by atoms with van der Waals surface area (Å²) in [5.74, 6) is -0.215. The van der Waals surface area contributed by atoms with Gasteiger partial charge in [-0.3, -0.25) is 0 Å². The molecule has 0 spiro atoms. The quantitative estimate of drug-likeness (QED) is 0.736. The summed E-state index contributed by atoms with van der Waals surface area (Å²) in [6, 6.07) is 6.77. The van der Waals surface area contributed by atoms with E-state index in [4.69, 9.17) is 4.74 Å². The minimum atomic E-state index is -0.610. The second kappa shape index (κ2) is 5.78. The van der Waals surface area contributed by atoms with Crippen molar-refractivity contribution in [3.63, 3.8) is 0 Å². The van der Waals surface area contributed by atoms with Gasteiger partial charge in [0.2, 0.25) is 0 Å². The molecule has 0 aliphatic rings. The van der Waals surface area contributed by atoms with E-state index in [1.165, 1.54) is 6.07 Å². The standard InChI is InChI=1S/C13H18BrFO/c1-4-10(2)16-13(3,9-14)11-7-5-6-8-12(11)15/h5-8,10H,4,9H2,1-3H3. The summed E-state index contributed by atoms with van der Waals surface area (Å²) in [7, 11) is 0. The van der Waals surface area contributed by atoms with E-state index in [0.29, 0.717) is 10.9 Å². The van der Waals surface area contributed by atoms with Crippen LogP contribution in [0.4, 0.5) is 4.39 Å². The van der Waals surface area contributed by atoms with E-state index in [1.807, 2.05) is 19.9 Å². The summed E-state index contributed by atoms with van der Waals surface area (Å²) in [5.41, 5.74) is -0.00648. The van der Waals surface area contributed by atoms with Gasteiger partial charge in [-0.05, 0) is 26.3 Å². The van der Waals surface area contributed by atoms with Crippen LogP contribution in [0.25, 0.3) is 0 Å². The van der Waals surface area contributed by atoms with Crippen molar-refractivity contribution in [2.24, 2.45) is 0 Å². The van der Waals surface area contributed by atoms with Gasteiger partial charge in [0, 0.05) is 10.9 Å². The maximum absolute atomic E-state index is 13.7. The van der Waals surface area contributed by atoms with Gasteiger partial charge in [-0.25, -0.2) is 4.39 Å². The van der Waals surface area contributed by atoms with Crippen LogP contribution in [0.3, 0.4) is 0 Å². The fourth-order valence-corrected chi connectivity index (χ4v) is 2.02. The zero-order valence-corrected chi connectivity index (χ0v) is 11.6. The molecule has 0 N–H and O–H groups in total. The van der Waals surface area contributed by atoms with Crippen molar-refractivity contribution in [1.29, 1.82) is 0 Å². The topological polar surface area (TPSA) is 9.23 Å². The second-order valence-corrected chi connectivity index (χ2v) is 4.74. The number of hydrogen-bond donors (Lipinski definition) is 0. The van der Waals surface area contributed by atoms with Crippen molar-refractivity contribution in [3.05, 3.63) is 35.6 Å². The van der Waals surface area contributed by atoms with E-state index < -0.39 is 5.60 Å². The Morgan fingerprint density at radius 2 is 2.06 bits per heavy atom. The highest BCUT2D eigenvalue weighted by Crippen LogP contribution is 2.31. The van der Waals surface area contributed by atoms with Gasteiger partial charge in [0.1, 0.15) is 11.4 Å². The first-order valence-electron chi connectivity index (χ1n) is 5.52. The molecular formula is C13H18BrFO. The Kier molecular flexibility index (Phi) is 4.93. The average molecular weight is 289 g/mol. The van der Waals surface area contributed by atoms with Gasteiger partial charge < -0.3 is 4.74 Å². The fraction of sp³-hybridized carbons (Fsp3) is 0.538. The molecule has 3 heteroatoms. The molecule has 0 bridgehead atoms. The van der Waals surface area contributed by atoms with E-state index in [1.54, 1.807) is 12.1 Å². The van der Waals surface area contributed by atoms with E-state index in [-0.39, 0.29) is 11.9 Å². The fourth-order valence-electron chi connectivity index (χ4n) is 1.58. The molecule has 0 saturated heterocycles. The number of ether oxygens (including phenoxy) is 1. The summed E-state index contributed by atoms with van der Waals surface area (Å²) in [5, 5.41) is 0.575. The maximum Gasteiger partial charge on any atom is 0.129 e. The molecule has 1 aromatic carbocycles. The van der Waals surface area contributed by atoms with Gasteiger partial charge in [-0.1, -0.05) is 41.1 Å². The first-order chi connectivity index (χ1) is 7.53. The second-order valence-electron chi connectivity index (χ2n) is 4.18. The molecule has 0 radical (unpaired) electrons. The molecular weight excluding hydrogens is 271 g/mol. The van der Waals surface area contributed by atoms with Crippen LogP contribution in [0.1, 0.15) is 32.8 Å². The van der Waals surface area contributed by atoms with Crippen LogP contribution in [0.15, 0.2) is 24.3 Å². The smallest absolute Gasteiger partial charge is 0.129 e. The number of halogens is 2. The first-order valence-corrected chi connectivity index (χ1v) is 6.64. The summed E-state index contributed by atoms with van der Waals surface area (Å²) in [6.07, 6.45) is 1.03. The van der Waals surface area contributed by atoms with Crippen molar-refractivity contribution in [2.75, 3.05) is 5.33 Å². The molecule has 2 atom stereocenters. The summed E-state index contributed by atoms with van der Waals surface area (Å²) >= 11 is 3.41. The van der Waals surface area contributed by atoms with E-state index in [9.17, 15) is 4.39 Å². The molecule has 2 unspecified atom stereocenters. The SMILES string of the molecule is CCC(C)OC(C)(CBr)c1ccccc1F. The summed E-state index contributed by atoms with van der Waals surface area (Å²) in [6.45, 7) is 5.97. The number of rotatable bonds is 5. The molecule has 1 aromatic rings. The normalized spacial score (nSPS) is 16.8. The molecule has 0 saturated carbocycles. The van der Waals surface area contributed by atoms with Crippen LogP contribution in [0.5, 0.6) is 0 Å². The Hall–Kier alpha value is -0.410. The molecule has 90 valence electrons. The van der Waals surface area contributed by atoms with Gasteiger partial charge in [-0.2, -0.15) is 0 Å². The highest BCUT2D eigenvalue weighted by Gasteiger charge is 2.30. The Morgan fingerprint density at radius 3 is 2.56 bits per heavy atom. The van der Waals surface area contributed by atoms with E-state index in [2.05, 4.69) is 22.9 Å². The molecule has 0 fully saturated rings. The van der Waals surface area contributed by atoms with Crippen molar-refractivity contribution in [2.45, 2.75) is 38.9 Å². The first kappa shape index (κ1) is 13.7. The molecule has 0 heterocycles. The zero-order chi connectivity index (χ0) is 12.2. The van der Waals surface area contributed by atoms with Crippen molar-refractivity contribution >= 4 is 15.9 Å². The largest absolute Gasteiger partial charge is 0.367 e. The van der Waals surface area contributed by atoms with Crippen LogP contribution in [0, 0.1) is 5.82 Å². The highest BCUT2D eigenvalue weighted by molar-refractivity contribution is 9.09. The maximum atomic E-state index is 13.7. The van der Waals surface area contributed by atoms with Crippen LogP contribution in [-0.4, -0.2) is 11.4 Å². The Bertz CT molecular complexity index is 342. The third kappa shape index (κ3) is 3.05. The van der Waals surface area contributed by atoms with E-state index in [0.717, 1.165) is 6.42 Å². The molecule has 0 aliphatic carbocycles. The number of alkyl halides is 1. The summed E-state index contributed by atoms with van der Waals surface area (Å²) in [4.78, 5) is 0. The average Bonchev–Trinajstić information content (AvgIpc) is 2.29. The minimum absolute atomic E-state index is 0.113. The predicted molar refractivity (Wildman–Crippen MR) is 68.4 cm³/mol. The third-order valence-corrected chi connectivity index (χ3v) is 3.80. The Morgan fingerprint density at radius 1 is 1.44 bits per heavy atom. The van der Waals surface area contributed by atoms with Crippen molar-refractivity contribution < 1.29 is 9.13 Å². The predicted octanol–water partition coefficient (Wildman–Crippen LogP) is 4.25. The lowest BCUT2D eigenvalue weighted by atomic mass is 9.97. The molecule has 1 nitrogen and oxygen atoms in total. The monoisotopic (exact) mass is 288 g/mol. The number of benzene rings is 1. The molecule has 16 heavy (non-hydrogen) atoms. The summed E-state index contributed by atoms with van der Waals surface area (Å²) < 4.78 is 19.6. The van der Waals surface area contributed by atoms with Crippen molar-refractivity contribution in [1.82, 2.24) is 0 Å². The zero-order valence-electron chi connectivity index (χ0n) is 9.97. The van der Waals surface area contributed by atoms with Gasteiger partial charge in [0.25, 0.3) is 0 Å². The Labute approximate surface area is 105 Å². The van der Waals surface area contributed by atoms with Gasteiger partial charge in [-0.15, -0.1) is 0 Å². The van der Waals surface area contributed by atoms with Gasteiger partial charge in [0.05, 0.1) is 6.10 Å². The molecule has 0 aromatic heterocycles.